The molecule has 2 aromatic heterocycles. The number of anilines is 1. The third-order valence-electron chi connectivity index (χ3n) is 6.04. The number of fused-ring (bicyclic) bond motifs is 3. The zero-order chi connectivity index (χ0) is 24.7. The third kappa shape index (κ3) is 4.08. The number of carboxylic acid groups (broad SMARTS) is 1. The number of carboxylic acids is 1. The quantitative estimate of drug-likeness (QED) is 0.387. The first-order chi connectivity index (χ1) is 16.8. The maximum atomic E-state index is 13.2. The van der Waals surface area contributed by atoms with Gasteiger partial charge in [-0.1, -0.05) is 0 Å². The molecule has 1 aliphatic rings. The van der Waals surface area contributed by atoms with Crippen LogP contribution in [0.15, 0.2) is 57.2 Å². The van der Waals surface area contributed by atoms with E-state index in [1.165, 1.54) is 35.9 Å². The molecule has 3 heterocycles. The van der Waals surface area contributed by atoms with Gasteiger partial charge in [0.05, 0.1) is 29.5 Å². The van der Waals surface area contributed by atoms with Gasteiger partial charge in [-0.05, 0) is 42.5 Å². The van der Waals surface area contributed by atoms with Gasteiger partial charge >= 0.3 is 5.97 Å². The highest BCUT2D eigenvalue weighted by atomic mass is 32.2. The molecule has 0 radical (unpaired) electrons. The zero-order valence-corrected chi connectivity index (χ0v) is 19.5. The molecular weight excluding hydrogens is 476 g/mol. The van der Waals surface area contributed by atoms with Crippen molar-refractivity contribution < 1.29 is 23.1 Å². The van der Waals surface area contributed by atoms with Crippen LogP contribution < -0.4 is 15.2 Å². The summed E-state index contributed by atoms with van der Waals surface area (Å²) in [6, 6.07) is 11.1. The van der Waals surface area contributed by atoms with Crippen LogP contribution in [-0.4, -0.2) is 84.0 Å². The summed E-state index contributed by atoms with van der Waals surface area (Å²) in [5, 5.41) is 15.6. The number of sulfone groups is 1. The molecule has 0 spiro atoms. The molecule has 1 aliphatic heterocycles. The lowest BCUT2D eigenvalue weighted by atomic mass is 10.2. The van der Waals surface area contributed by atoms with Crippen LogP contribution >= 0.6 is 0 Å². The van der Waals surface area contributed by atoms with Crippen molar-refractivity contribution in [2.24, 2.45) is 0 Å². The molecule has 5 rings (SSSR count). The van der Waals surface area contributed by atoms with Crippen LogP contribution in [0.2, 0.25) is 0 Å². The zero-order valence-electron chi connectivity index (χ0n) is 18.7. The highest BCUT2D eigenvalue weighted by Gasteiger charge is 2.27. The Kier molecular flexibility index (Phi) is 5.65. The second kappa shape index (κ2) is 8.67. The van der Waals surface area contributed by atoms with E-state index in [-0.39, 0.29) is 22.1 Å². The van der Waals surface area contributed by atoms with E-state index in [4.69, 9.17) is 9.84 Å². The molecule has 0 aliphatic carbocycles. The Bertz CT molecular complexity index is 1590. The number of rotatable bonds is 6. The number of aliphatic carboxylic acids is 1. The molecule has 0 unspecified atom stereocenters. The van der Waals surface area contributed by atoms with Crippen LogP contribution in [0.25, 0.3) is 16.6 Å². The summed E-state index contributed by atoms with van der Waals surface area (Å²) in [4.78, 5) is 31.7. The summed E-state index contributed by atoms with van der Waals surface area (Å²) in [6.45, 7) is 2.39. The topological polar surface area (TPSA) is 150 Å². The lowest BCUT2D eigenvalue weighted by Gasteiger charge is -2.35. The van der Waals surface area contributed by atoms with Crippen molar-refractivity contribution in [3.8, 4) is 5.75 Å². The van der Waals surface area contributed by atoms with Crippen LogP contribution in [0, 0.1) is 0 Å². The minimum absolute atomic E-state index is 0.00497. The number of hydrogen-bond acceptors (Lipinski definition) is 9. The van der Waals surface area contributed by atoms with E-state index in [2.05, 4.69) is 20.2 Å². The fourth-order valence-corrected chi connectivity index (χ4v) is 5.45. The van der Waals surface area contributed by atoms with Crippen LogP contribution in [0.1, 0.15) is 0 Å². The van der Waals surface area contributed by atoms with Gasteiger partial charge in [0, 0.05) is 31.9 Å². The predicted octanol–water partition coefficient (Wildman–Crippen LogP) is 0.619. The molecular formula is C22H22N6O6S. The lowest BCUT2D eigenvalue weighted by molar-refractivity contribution is -0.138. The molecule has 35 heavy (non-hydrogen) atoms. The van der Waals surface area contributed by atoms with Gasteiger partial charge in [-0.3, -0.25) is 14.5 Å². The molecule has 2 aromatic carbocycles. The number of aromatic amines is 1. The van der Waals surface area contributed by atoms with Gasteiger partial charge < -0.3 is 14.7 Å². The molecule has 1 fully saturated rings. The van der Waals surface area contributed by atoms with Crippen LogP contribution in [0.5, 0.6) is 5.75 Å². The van der Waals surface area contributed by atoms with E-state index in [1.54, 1.807) is 18.2 Å². The van der Waals surface area contributed by atoms with Gasteiger partial charge in [0.1, 0.15) is 5.75 Å². The molecule has 13 heteroatoms. The average Bonchev–Trinajstić information content (AvgIpc) is 3.29. The average molecular weight is 499 g/mol. The van der Waals surface area contributed by atoms with Crippen molar-refractivity contribution in [1.29, 1.82) is 0 Å². The van der Waals surface area contributed by atoms with E-state index < -0.39 is 21.4 Å². The van der Waals surface area contributed by atoms with Gasteiger partial charge in [0.25, 0.3) is 5.56 Å². The summed E-state index contributed by atoms with van der Waals surface area (Å²) >= 11 is 0. The number of ether oxygens (including phenoxy) is 1. The van der Waals surface area contributed by atoms with Crippen molar-refractivity contribution >= 4 is 38.0 Å². The number of nitrogens with one attached hydrogen (secondary N) is 1. The molecule has 0 saturated carbocycles. The van der Waals surface area contributed by atoms with Gasteiger partial charge in [-0.15, -0.1) is 5.10 Å². The third-order valence-corrected chi connectivity index (χ3v) is 7.71. The van der Waals surface area contributed by atoms with E-state index in [9.17, 15) is 18.0 Å². The maximum absolute atomic E-state index is 13.2. The van der Waals surface area contributed by atoms with Crippen LogP contribution in [-0.2, 0) is 14.6 Å². The van der Waals surface area contributed by atoms with E-state index >= 15 is 0 Å². The van der Waals surface area contributed by atoms with Gasteiger partial charge in [-0.25, -0.2) is 18.1 Å². The Morgan fingerprint density at radius 3 is 2.49 bits per heavy atom. The number of benzene rings is 2. The molecule has 4 aromatic rings. The first kappa shape index (κ1) is 22.8. The fraction of sp³-hybridized carbons (Fsp3) is 0.273. The first-order valence-electron chi connectivity index (χ1n) is 10.8. The van der Waals surface area contributed by atoms with Crippen LogP contribution in [0.4, 0.5) is 5.69 Å². The summed E-state index contributed by atoms with van der Waals surface area (Å²) in [5.41, 5.74) is 0.599. The lowest BCUT2D eigenvalue weighted by Crippen LogP contribution is -2.48. The minimum Gasteiger partial charge on any atom is -0.497 e. The number of piperazine rings is 1. The normalized spacial score (nSPS) is 15.1. The summed E-state index contributed by atoms with van der Waals surface area (Å²) < 4.78 is 33.0. The molecule has 0 bridgehead atoms. The van der Waals surface area contributed by atoms with Crippen LogP contribution in [0.3, 0.4) is 0 Å². The number of nitrogens with zero attached hydrogens (tertiary/aromatic N) is 5. The Hall–Kier alpha value is -3.97. The molecule has 0 amide bonds. The molecule has 2 N–H and O–H groups in total. The Labute approximate surface area is 199 Å². The SMILES string of the molecule is COc1ccc(S(=O)(=O)c2n[nH]n3c2nc(=O)c2ccc(N4CCN(CC(=O)O)CC4)cc23)cc1. The van der Waals surface area contributed by atoms with Gasteiger partial charge in [-0.2, -0.15) is 4.98 Å². The second-order valence-electron chi connectivity index (χ2n) is 8.13. The highest BCUT2D eigenvalue weighted by Crippen LogP contribution is 2.26. The summed E-state index contributed by atoms with van der Waals surface area (Å²) in [7, 11) is -2.58. The standard InChI is InChI=1S/C22H22N6O6S/c1-34-15-3-5-16(6-4-15)35(32,33)22-20-23-21(31)17-7-2-14(12-18(17)28(20)25-24-22)27-10-8-26(9-11-27)13-19(29)30/h2-7,12,25H,8-11,13H2,1H3,(H,29,30). The highest BCUT2D eigenvalue weighted by molar-refractivity contribution is 7.91. The number of aromatic nitrogens is 4. The maximum Gasteiger partial charge on any atom is 0.317 e. The van der Waals surface area contributed by atoms with E-state index in [1.807, 2.05) is 4.90 Å². The molecule has 182 valence electrons. The molecule has 0 atom stereocenters. The van der Waals surface area contributed by atoms with E-state index in [0.29, 0.717) is 42.8 Å². The van der Waals surface area contributed by atoms with Crippen molar-refractivity contribution in [2.45, 2.75) is 9.92 Å². The van der Waals surface area contributed by atoms with Crippen molar-refractivity contribution in [3.05, 3.63) is 52.8 Å². The minimum atomic E-state index is -4.06. The van der Waals surface area contributed by atoms with Crippen molar-refractivity contribution in [1.82, 2.24) is 24.7 Å². The summed E-state index contributed by atoms with van der Waals surface area (Å²) in [6.07, 6.45) is 0. The second-order valence-corrected chi connectivity index (χ2v) is 10.00. The number of methoxy groups -OCH3 is 1. The van der Waals surface area contributed by atoms with E-state index in [0.717, 1.165) is 5.69 Å². The van der Waals surface area contributed by atoms with Gasteiger partial charge in [0.15, 0.2) is 5.65 Å². The smallest absolute Gasteiger partial charge is 0.317 e. The Morgan fingerprint density at radius 1 is 1.11 bits per heavy atom. The monoisotopic (exact) mass is 498 g/mol. The first-order valence-corrected chi connectivity index (χ1v) is 12.3. The van der Waals surface area contributed by atoms with Gasteiger partial charge in [0.2, 0.25) is 14.9 Å². The predicted molar refractivity (Wildman–Crippen MR) is 126 cm³/mol. The number of H-pyrrole nitrogens is 1. The van der Waals surface area contributed by atoms with Crippen molar-refractivity contribution in [2.75, 3.05) is 44.7 Å². The van der Waals surface area contributed by atoms with Crippen molar-refractivity contribution in [3.63, 3.8) is 0 Å². The fourth-order valence-electron chi connectivity index (χ4n) is 4.20. The number of carbonyl (C=O) groups is 1. The summed E-state index contributed by atoms with van der Waals surface area (Å²) in [5.74, 6) is -0.356. The number of hydrogen-bond donors (Lipinski definition) is 2. The Balaban J connectivity index is 1.54. The largest absolute Gasteiger partial charge is 0.497 e. The molecule has 1 saturated heterocycles. The Morgan fingerprint density at radius 2 is 1.83 bits per heavy atom. The molecule has 12 nitrogen and oxygen atoms in total.